The van der Waals surface area contributed by atoms with Gasteiger partial charge < -0.3 is 5.32 Å². The number of hydrogen-bond acceptors (Lipinski definition) is 4. The standard InChI is InChI=1S/C15H15N3O2S/c16-11-13-3-1-2-4-15(13)18-10-9-12-5-7-14(8-6-12)21(17,19)20/h1-8,18H,9-10H2,(H2,17,19,20). The first kappa shape index (κ1) is 15.0. The second kappa shape index (κ2) is 6.39. The number of primary sulfonamides is 1. The number of rotatable bonds is 5. The van der Waals surface area contributed by atoms with Gasteiger partial charge in [-0.25, -0.2) is 13.6 Å². The number of hydrogen-bond donors (Lipinski definition) is 2. The highest BCUT2D eigenvalue weighted by Gasteiger charge is 2.06. The summed E-state index contributed by atoms with van der Waals surface area (Å²) in [5.74, 6) is 0. The van der Waals surface area contributed by atoms with Gasteiger partial charge in [-0.1, -0.05) is 24.3 Å². The van der Waals surface area contributed by atoms with Crippen molar-refractivity contribution < 1.29 is 8.42 Å². The highest BCUT2D eigenvalue weighted by molar-refractivity contribution is 7.89. The van der Waals surface area contributed by atoms with E-state index in [9.17, 15) is 8.42 Å². The molecule has 0 saturated carbocycles. The molecule has 0 saturated heterocycles. The van der Waals surface area contributed by atoms with Crippen LogP contribution in [0.4, 0.5) is 5.69 Å². The van der Waals surface area contributed by atoms with Crippen LogP contribution in [0.2, 0.25) is 0 Å². The predicted molar refractivity (Wildman–Crippen MR) is 81.2 cm³/mol. The molecular formula is C15H15N3O2S. The lowest BCUT2D eigenvalue weighted by Gasteiger charge is -2.08. The van der Waals surface area contributed by atoms with Crippen molar-refractivity contribution in [1.29, 1.82) is 5.26 Å². The molecule has 0 aliphatic heterocycles. The summed E-state index contributed by atoms with van der Waals surface area (Å²) < 4.78 is 22.3. The molecule has 6 heteroatoms. The fraction of sp³-hybridized carbons (Fsp3) is 0.133. The first-order valence-electron chi connectivity index (χ1n) is 6.35. The lowest BCUT2D eigenvalue weighted by Crippen LogP contribution is -2.12. The first-order chi connectivity index (χ1) is 10.0. The van der Waals surface area contributed by atoms with Gasteiger partial charge in [-0.05, 0) is 36.2 Å². The summed E-state index contributed by atoms with van der Waals surface area (Å²) in [6, 6.07) is 15.9. The summed E-state index contributed by atoms with van der Waals surface area (Å²) in [4.78, 5) is 0.106. The van der Waals surface area contributed by atoms with E-state index in [0.717, 1.165) is 11.3 Å². The van der Waals surface area contributed by atoms with Crippen molar-refractivity contribution in [1.82, 2.24) is 0 Å². The molecule has 0 aromatic heterocycles. The molecular weight excluding hydrogens is 286 g/mol. The molecule has 2 rings (SSSR count). The smallest absolute Gasteiger partial charge is 0.238 e. The molecule has 108 valence electrons. The number of benzene rings is 2. The van der Waals surface area contributed by atoms with Gasteiger partial charge in [0.05, 0.1) is 16.1 Å². The molecule has 0 fully saturated rings. The Kier molecular flexibility index (Phi) is 4.58. The second-order valence-corrected chi connectivity index (χ2v) is 6.08. The van der Waals surface area contributed by atoms with E-state index >= 15 is 0 Å². The number of nitrogens with zero attached hydrogens (tertiary/aromatic N) is 1. The van der Waals surface area contributed by atoms with E-state index in [1.807, 2.05) is 18.2 Å². The zero-order chi connectivity index (χ0) is 15.3. The normalized spacial score (nSPS) is 10.9. The van der Waals surface area contributed by atoms with Crippen LogP contribution in [0.15, 0.2) is 53.4 Å². The Bertz CT molecular complexity index is 762. The average molecular weight is 301 g/mol. The summed E-state index contributed by atoms with van der Waals surface area (Å²) in [6.45, 7) is 0.646. The number of nitrogens with one attached hydrogen (secondary N) is 1. The Labute approximate surface area is 124 Å². The fourth-order valence-electron chi connectivity index (χ4n) is 1.92. The van der Waals surface area contributed by atoms with Crippen LogP contribution in [0.25, 0.3) is 0 Å². The van der Waals surface area contributed by atoms with Gasteiger partial charge in [0, 0.05) is 6.54 Å². The van der Waals surface area contributed by atoms with Gasteiger partial charge in [-0.2, -0.15) is 5.26 Å². The summed E-state index contributed by atoms with van der Waals surface area (Å²) in [6.07, 6.45) is 0.713. The first-order valence-corrected chi connectivity index (χ1v) is 7.90. The molecule has 0 amide bonds. The van der Waals surface area contributed by atoms with E-state index in [4.69, 9.17) is 10.4 Å². The van der Waals surface area contributed by atoms with Crippen molar-refractivity contribution in [2.75, 3.05) is 11.9 Å². The van der Waals surface area contributed by atoms with Crippen LogP contribution in [0.5, 0.6) is 0 Å². The van der Waals surface area contributed by atoms with Gasteiger partial charge in [0.2, 0.25) is 10.0 Å². The minimum Gasteiger partial charge on any atom is -0.384 e. The highest BCUT2D eigenvalue weighted by atomic mass is 32.2. The van der Waals surface area contributed by atoms with E-state index in [1.54, 1.807) is 18.2 Å². The van der Waals surface area contributed by atoms with Crippen LogP contribution in [-0.2, 0) is 16.4 Å². The van der Waals surface area contributed by atoms with Gasteiger partial charge in [-0.3, -0.25) is 0 Å². The molecule has 5 nitrogen and oxygen atoms in total. The van der Waals surface area contributed by atoms with Crippen molar-refractivity contribution in [3.8, 4) is 6.07 Å². The van der Waals surface area contributed by atoms with Crippen molar-refractivity contribution in [2.45, 2.75) is 11.3 Å². The van der Waals surface area contributed by atoms with Crippen molar-refractivity contribution in [2.24, 2.45) is 5.14 Å². The maximum absolute atomic E-state index is 11.1. The van der Waals surface area contributed by atoms with Crippen LogP contribution in [0.3, 0.4) is 0 Å². The summed E-state index contributed by atoms with van der Waals surface area (Å²) in [7, 11) is -3.64. The maximum Gasteiger partial charge on any atom is 0.238 e. The largest absolute Gasteiger partial charge is 0.384 e. The zero-order valence-electron chi connectivity index (χ0n) is 11.3. The van der Waals surface area contributed by atoms with Crippen LogP contribution >= 0.6 is 0 Å². The maximum atomic E-state index is 11.1. The lowest BCUT2D eigenvalue weighted by molar-refractivity contribution is 0.598. The van der Waals surface area contributed by atoms with Crippen LogP contribution in [0.1, 0.15) is 11.1 Å². The zero-order valence-corrected chi connectivity index (χ0v) is 12.1. The highest BCUT2D eigenvalue weighted by Crippen LogP contribution is 2.14. The fourth-order valence-corrected chi connectivity index (χ4v) is 2.44. The SMILES string of the molecule is N#Cc1ccccc1NCCc1ccc(S(N)(=O)=O)cc1. The molecule has 0 bridgehead atoms. The van der Waals surface area contributed by atoms with E-state index in [2.05, 4.69) is 11.4 Å². The molecule has 0 aliphatic carbocycles. The number of para-hydroxylation sites is 1. The van der Waals surface area contributed by atoms with Gasteiger partial charge in [0.15, 0.2) is 0 Å². The number of sulfonamides is 1. The Morgan fingerprint density at radius 2 is 1.76 bits per heavy atom. The number of nitriles is 1. The van der Waals surface area contributed by atoms with E-state index < -0.39 is 10.0 Å². The monoisotopic (exact) mass is 301 g/mol. The van der Waals surface area contributed by atoms with Crippen LogP contribution in [-0.4, -0.2) is 15.0 Å². The van der Waals surface area contributed by atoms with E-state index in [-0.39, 0.29) is 4.90 Å². The predicted octanol–water partition coefficient (Wildman–Crippen LogP) is 1.86. The van der Waals surface area contributed by atoms with Gasteiger partial charge in [-0.15, -0.1) is 0 Å². The second-order valence-electron chi connectivity index (χ2n) is 4.52. The Morgan fingerprint density at radius 1 is 1.10 bits per heavy atom. The van der Waals surface area contributed by atoms with Crippen molar-refractivity contribution in [3.05, 3.63) is 59.7 Å². The number of nitrogens with two attached hydrogens (primary N) is 1. The van der Waals surface area contributed by atoms with Gasteiger partial charge in [0.1, 0.15) is 6.07 Å². The molecule has 0 spiro atoms. The molecule has 0 heterocycles. The van der Waals surface area contributed by atoms with Crippen LogP contribution in [0, 0.1) is 11.3 Å². The third-order valence-corrected chi connectivity index (χ3v) is 3.96. The topological polar surface area (TPSA) is 96.0 Å². The minimum atomic E-state index is -3.64. The average Bonchev–Trinajstić information content (AvgIpc) is 2.47. The molecule has 0 atom stereocenters. The Morgan fingerprint density at radius 3 is 2.38 bits per heavy atom. The third kappa shape index (κ3) is 4.05. The van der Waals surface area contributed by atoms with Crippen LogP contribution < -0.4 is 10.5 Å². The molecule has 0 radical (unpaired) electrons. The summed E-state index contributed by atoms with van der Waals surface area (Å²) in [5, 5.41) is 17.2. The molecule has 21 heavy (non-hydrogen) atoms. The van der Waals surface area contributed by atoms with Crippen molar-refractivity contribution >= 4 is 15.7 Å². The number of anilines is 1. The molecule has 3 N–H and O–H groups in total. The minimum absolute atomic E-state index is 0.106. The Hall–Kier alpha value is -2.36. The lowest BCUT2D eigenvalue weighted by atomic mass is 10.1. The summed E-state index contributed by atoms with van der Waals surface area (Å²) in [5.41, 5.74) is 2.38. The quantitative estimate of drug-likeness (QED) is 0.881. The molecule has 0 aliphatic rings. The van der Waals surface area contributed by atoms with Gasteiger partial charge in [0.25, 0.3) is 0 Å². The molecule has 2 aromatic rings. The third-order valence-electron chi connectivity index (χ3n) is 3.03. The van der Waals surface area contributed by atoms with Crippen molar-refractivity contribution in [3.63, 3.8) is 0 Å². The molecule has 0 unspecified atom stereocenters. The molecule has 2 aromatic carbocycles. The van der Waals surface area contributed by atoms with E-state index in [1.165, 1.54) is 12.1 Å². The summed E-state index contributed by atoms with van der Waals surface area (Å²) >= 11 is 0. The van der Waals surface area contributed by atoms with Gasteiger partial charge >= 0.3 is 0 Å². The Balaban J connectivity index is 1.97. The van der Waals surface area contributed by atoms with E-state index in [0.29, 0.717) is 18.5 Å².